The van der Waals surface area contributed by atoms with Crippen molar-refractivity contribution in [2.75, 3.05) is 11.1 Å². The van der Waals surface area contributed by atoms with Crippen LogP contribution in [0.2, 0.25) is 0 Å². The highest BCUT2D eigenvalue weighted by atomic mass is 32.2. The zero-order chi connectivity index (χ0) is 19.5. The average molecular weight is 412 g/mol. The van der Waals surface area contributed by atoms with E-state index in [1.54, 1.807) is 0 Å². The van der Waals surface area contributed by atoms with E-state index in [2.05, 4.69) is 50.7 Å². The van der Waals surface area contributed by atoms with Crippen molar-refractivity contribution >= 4 is 34.1 Å². The summed E-state index contributed by atoms with van der Waals surface area (Å²) in [7, 11) is 0. The van der Waals surface area contributed by atoms with E-state index >= 15 is 0 Å². The van der Waals surface area contributed by atoms with Gasteiger partial charge in [0.2, 0.25) is 5.91 Å². The number of rotatable bonds is 8. The molecule has 144 valence electrons. The summed E-state index contributed by atoms with van der Waals surface area (Å²) in [5.41, 5.74) is 3.12. The van der Waals surface area contributed by atoms with Gasteiger partial charge < -0.3 is 9.88 Å². The number of hydrogen-bond donors (Lipinski definition) is 1. The van der Waals surface area contributed by atoms with Crippen molar-refractivity contribution in [2.24, 2.45) is 0 Å². The van der Waals surface area contributed by atoms with Crippen molar-refractivity contribution in [3.63, 3.8) is 0 Å². The van der Waals surface area contributed by atoms with Gasteiger partial charge in [-0.1, -0.05) is 47.7 Å². The Morgan fingerprint density at radius 3 is 2.86 bits per heavy atom. The van der Waals surface area contributed by atoms with E-state index in [0.717, 1.165) is 35.1 Å². The molecule has 6 nitrogen and oxygen atoms in total. The van der Waals surface area contributed by atoms with Crippen LogP contribution in [-0.2, 0) is 11.3 Å². The van der Waals surface area contributed by atoms with Gasteiger partial charge in [0.25, 0.3) is 0 Å². The lowest BCUT2D eigenvalue weighted by molar-refractivity contribution is -0.113. The van der Waals surface area contributed by atoms with E-state index in [4.69, 9.17) is 0 Å². The monoisotopic (exact) mass is 411 g/mol. The molecule has 1 N–H and O–H groups in total. The number of nitrogens with one attached hydrogen (secondary N) is 1. The molecule has 0 unspecified atom stereocenters. The number of anilines is 1. The summed E-state index contributed by atoms with van der Waals surface area (Å²) in [4.78, 5) is 16.9. The van der Waals surface area contributed by atoms with Gasteiger partial charge in [-0.05, 0) is 19.8 Å². The zero-order valence-electron chi connectivity index (χ0n) is 15.6. The molecule has 8 heteroatoms. The number of hydrogen-bond acceptors (Lipinski definition) is 6. The minimum Gasteiger partial charge on any atom is -0.302 e. The fourth-order valence-electron chi connectivity index (χ4n) is 2.82. The molecule has 0 bridgehead atoms. The SMILES string of the molecule is C=CCn1c(SCC(=O)Nc2nc(-c3ccc(C)cc3)cs2)nnc1C1CC1. The molecule has 0 saturated heterocycles. The van der Waals surface area contributed by atoms with Crippen molar-refractivity contribution in [2.45, 2.75) is 37.4 Å². The van der Waals surface area contributed by atoms with Crippen LogP contribution in [0.4, 0.5) is 5.13 Å². The summed E-state index contributed by atoms with van der Waals surface area (Å²) in [6.45, 7) is 6.52. The van der Waals surface area contributed by atoms with E-state index in [1.807, 2.05) is 23.6 Å². The lowest BCUT2D eigenvalue weighted by Crippen LogP contribution is -2.14. The fourth-order valence-corrected chi connectivity index (χ4v) is 4.32. The number of nitrogens with zero attached hydrogens (tertiary/aromatic N) is 4. The van der Waals surface area contributed by atoms with Gasteiger partial charge in [-0.25, -0.2) is 4.98 Å². The summed E-state index contributed by atoms with van der Waals surface area (Å²) in [6, 6.07) is 8.18. The molecule has 2 heterocycles. The smallest absolute Gasteiger partial charge is 0.236 e. The van der Waals surface area contributed by atoms with Gasteiger partial charge in [-0.3, -0.25) is 4.79 Å². The van der Waals surface area contributed by atoms with Gasteiger partial charge in [-0.2, -0.15) is 0 Å². The van der Waals surface area contributed by atoms with Crippen LogP contribution in [0.15, 0.2) is 47.5 Å². The molecule has 1 saturated carbocycles. The van der Waals surface area contributed by atoms with Gasteiger partial charge in [-0.15, -0.1) is 28.1 Å². The van der Waals surface area contributed by atoms with Crippen molar-refractivity contribution in [1.29, 1.82) is 0 Å². The molecule has 28 heavy (non-hydrogen) atoms. The molecule has 0 radical (unpaired) electrons. The zero-order valence-corrected chi connectivity index (χ0v) is 17.2. The van der Waals surface area contributed by atoms with Crippen molar-refractivity contribution in [1.82, 2.24) is 19.7 Å². The fraction of sp³-hybridized carbons (Fsp3) is 0.300. The maximum atomic E-state index is 12.4. The number of amides is 1. The third-order valence-electron chi connectivity index (χ3n) is 4.43. The lowest BCUT2D eigenvalue weighted by Gasteiger charge is -2.06. The third-order valence-corrected chi connectivity index (χ3v) is 6.15. The Hall–Kier alpha value is -2.45. The highest BCUT2D eigenvalue weighted by molar-refractivity contribution is 7.99. The molecule has 0 atom stereocenters. The highest BCUT2D eigenvalue weighted by Crippen LogP contribution is 2.40. The van der Waals surface area contributed by atoms with E-state index in [-0.39, 0.29) is 11.7 Å². The maximum absolute atomic E-state index is 12.4. The number of benzene rings is 1. The van der Waals surface area contributed by atoms with Gasteiger partial charge in [0.1, 0.15) is 5.82 Å². The summed E-state index contributed by atoms with van der Waals surface area (Å²) in [6.07, 6.45) is 4.16. The van der Waals surface area contributed by atoms with Crippen LogP contribution >= 0.6 is 23.1 Å². The van der Waals surface area contributed by atoms with Gasteiger partial charge in [0, 0.05) is 23.4 Å². The minimum atomic E-state index is -0.101. The summed E-state index contributed by atoms with van der Waals surface area (Å²) in [5.74, 6) is 1.67. The first-order chi connectivity index (χ1) is 13.6. The molecule has 1 fully saturated rings. The number of carbonyl (C=O) groups is 1. The predicted octanol–water partition coefficient (Wildman–Crippen LogP) is 4.50. The summed E-state index contributed by atoms with van der Waals surface area (Å²) >= 11 is 2.82. The number of allylic oxidation sites excluding steroid dienone is 1. The van der Waals surface area contributed by atoms with Crippen LogP contribution < -0.4 is 5.32 Å². The second kappa shape index (κ2) is 8.28. The first kappa shape index (κ1) is 18.9. The van der Waals surface area contributed by atoms with E-state index in [1.165, 1.54) is 28.7 Å². The summed E-state index contributed by atoms with van der Waals surface area (Å²) < 4.78 is 2.06. The second-order valence-electron chi connectivity index (χ2n) is 6.76. The number of aryl methyl sites for hydroxylation is 1. The molecule has 0 aliphatic heterocycles. The van der Waals surface area contributed by atoms with Crippen LogP contribution in [0.25, 0.3) is 11.3 Å². The number of carbonyl (C=O) groups excluding carboxylic acids is 1. The normalized spacial score (nSPS) is 13.5. The molecule has 0 spiro atoms. The maximum Gasteiger partial charge on any atom is 0.236 e. The minimum absolute atomic E-state index is 0.101. The topological polar surface area (TPSA) is 72.7 Å². The molecular weight excluding hydrogens is 390 g/mol. The van der Waals surface area contributed by atoms with Gasteiger partial charge >= 0.3 is 0 Å². The Labute approximate surface area is 172 Å². The van der Waals surface area contributed by atoms with Crippen molar-refractivity contribution < 1.29 is 4.79 Å². The van der Waals surface area contributed by atoms with Crippen LogP contribution in [-0.4, -0.2) is 31.4 Å². The van der Waals surface area contributed by atoms with Crippen LogP contribution in [0.1, 0.15) is 30.1 Å². The molecule has 1 aliphatic carbocycles. The van der Waals surface area contributed by atoms with E-state index < -0.39 is 0 Å². The Kier molecular flexibility index (Phi) is 5.59. The molecule has 3 aromatic rings. The predicted molar refractivity (Wildman–Crippen MR) is 114 cm³/mol. The number of aromatic nitrogens is 4. The molecular formula is C20H21N5OS2. The lowest BCUT2D eigenvalue weighted by atomic mass is 10.1. The average Bonchev–Trinajstić information content (AvgIpc) is 3.30. The second-order valence-corrected chi connectivity index (χ2v) is 8.56. The first-order valence-corrected chi connectivity index (χ1v) is 11.0. The van der Waals surface area contributed by atoms with Gasteiger partial charge in [0.05, 0.1) is 11.4 Å². The van der Waals surface area contributed by atoms with Crippen molar-refractivity contribution in [3.05, 3.63) is 53.7 Å². The summed E-state index contributed by atoms with van der Waals surface area (Å²) in [5, 5.41) is 14.8. The Balaban J connectivity index is 1.36. The quantitative estimate of drug-likeness (QED) is 0.436. The standard InChI is InChI=1S/C20H21N5OS2/c1-3-10-25-18(15-8-9-15)23-24-20(25)28-12-17(26)22-19-21-16(11-27-19)14-6-4-13(2)5-7-14/h3-7,11,15H,1,8-10,12H2,2H3,(H,21,22,26). The molecule has 1 aromatic carbocycles. The number of thiazole rings is 1. The number of thioether (sulfide) groups is 1. The largest absolute Gasteiger partial charge is 0.302 e. The molecule has 1 amide bonds. The Morgan fingerprint density at radius 1 is 1.36 bits per heavy atom. The van der Waals surface area contributed by atoms with E-state index in [9.17, 15) is 4.79 Å². The molecule has 1 aliphatic rings. The third kappa shape index (κ3) is 4.34. The Morgan fingerprint density at radius 2 is 2.14 bits per heavy atom. The molecule has 4 rings (SSSR count). The van der Waals surface area contributed by atoms with Crippen LogP contribution in [0.3, 0.4) is 0 Å². The Bertz CT molecular complexity index is 988. The molecule has 2 aromatic heterocycles. The van der Waals surface area contributed by atoms with Crippen molar-refractivity contribution in [3.8, 4) is 11.3 Å². The van der Waals surface area contributed by atoms with Crippen LogP contribution in [0, 0.1) is 6.92 Å². The first-order valence-electron chi connectivity index (χ1n) is 9.13. The highest BCUT2D eigenvalue weighted by Gasteiger charge is 2.30. The van der Waals surface area contributed by atoms with E-state index in [0.29, 0.717) is 17.6 Å². The van der Waals surface area contributed by atoms with Crippen LogP contribution in [0.5, 0.6) is 0 Å². The van der Waals surface area contributed by atoms with Gasteiger partial charge in [0.15, 0.2) is 10.3 Å².